The SMILES string of the molecule is CCC(C)NC(=O)C(Cc1ccccc1)N(Cc1ccc(Br)cc1)C(=O)CN(c1ccc(C)cc1)S(=O)(=O)c1ccc(OC)c(OC)c1. The number of sulfonamides is 1. The van der Waals surface area contributed by atoms with Crippen molar-refractivity contribution in [3.63, 3.8) is 0 Å². The maximum Gasteiger partial charge on any atom is 0.264 e. The molecule has 9 nitrogen and oxygen atoms in total. The second-order valence-corrected chi connectivity index (χ2v) is 14.3. The number of carbonyl (C=O) groups excluding carboxylic acids is 2. The summed E-state index contributed by atoms with van der Waals surface area (Å²) in [5.41, 5.74) is 2.88. The molecule has 11 heteroatoms. The third-order valence-electron chi connectivity index (χ3n) is 8.08. The van der Waals surface area contributed by atoms with Crippen LogP contribution in [0, 0.1) is 6.92 Å². The Balaban J connectivity index is 1.82. The topological polar surface area (TPSA) is 105 Å². The van der Waals surface area contributed by atoms with Gasteiger partial charge in [-0.2, -0.15) is 0 Å². The molecule has 4 aromatic rings. The normalized spacial score (nSPS) is 12.5. The second-order valence-electron chi connectivity index (χ2n) is 11.5. The van der Waals surface area contributed by atoms with Gasteiger partial charge >= 0.3 is 0 Å². The molecule has 4 rings (SSSR count). The monoisotopic (exact) mass is 735 g/mol. The van der Waals surface area contributed by atoms with E-state index in [-0.39, 0.29) is 35.6 Å². The molecule has 0 saturated carbocycles. The van der Waals surface area contributed by atoms with Crippen LogP contribution in [-0.2, 0) is 32.6 Å². The summed E-state index contributed by atoms with van der Waals surface area (Å²) in [7, 11) is -1.43. The maximum atomic E-state index is 14.6. The van der Waals surface area contributed by atoms with E-state index in [1.165, 1.54) is 37.3 Å². The minimum absolute atomic E-state index is 0.0791. The Hall–Kier alpha value is -4.35. The Morgan fingerprint density at radius 1 is 0.854 bits per heavy atom. The summed E-state index contributed by atoms with van der Waals surface area (Å²) in [5.74, 6) is -0.257. The zero-order chi connectivity index (χ0) is 34.8. The predicted octanol–water partition coefficient (Wildman–Crippen LogP) is 6.52. The van der Waals surface area contributed by atoms with E-state index in [0.29, 0.717) is 17.9 Å². The summed E-state index contributed by atoms with van der Waals surface area (Å²) < 4.78 is 41.4. The van der Waals surface area contributed by atoms with Crippen LogP contribution in [0.4, 0.5) is 5.69 Å². The van der Waals surface area contributed by atoms with Gasteiger partial charge in [0.05, 0.1) is 24.8 Å². The first-order chi connectivity index (χ1) is 23.0. The average Bonchev–Trinajstić information content (AvgIpc) is 3.09. The van der Waals surface area contributed by atoms with Crippen molar-refractivity contribution in [2.45, 2.75) is 57.1 Å². The number of nitrogens with one attached hydrogen (secondary N) is 1. The van der Waals surface area contributed by atoms with Crippen LogP contribution in [0.15, 0.2) is 106 Å². The number of carbonyl (C=O) groups is 2. The largest absolute Gasteiger partial charge is 0.493 e. The zero-order valence-corrected chi connectivity index (χ0v) is 30.3. The van der Waals surface area contributed by atoms with Crippen molar-refractivity contribution in [1.82, 2.24) is 10.2 Å². The number of rotatable bonds is 15. The van der Waals surface area contributed by atoms with E-state index < -0.39 is 28.5 Å². The Labute approximate surface area is 292 Å². The van der Waals surface area contributed by atoms with E-state index in [1.807, 2.05) is 75.4 Å². The number of hydrogen-bond donors (Lipinski definition) is 1. The Bertz CT molecular complexity index is 1780. The number of halogens is 1. The highest BCUT2D eigenvalue weighted by atomic mass is 79.9. The minimum Gasteiger partial charge on any atom is -0.493 e. The molecule has 0 aliphatic carbocycles. The molecule has 0 heterocycles. The molecule has 1 N–H and O–H groups in total. The highest BCUT2D eigenvalue weighted by Crippen LogP contribution is 2.32. The molecular weight excluding hydrogens is 694 g/mol. The molecule has 2 unspecified atom stereocenters. The lowest BCUT2D eigenvalue weighted by Gasteiger charge is -2.34. The molecule has 0 aliphatic rings. The number of hydrogen-bond acceptors (Lipinski definition) is 6. The van der Waals surface area contributed by atoms with Gasteiger partial charge in [0.1, 0.15) is 12.6 Å². The van der Waals surface area contributed by atoms with Gasteiger partial charge in [0.2, 0.25) is 11.8 Å². The lowest BCUT2D eigenvalue weighted by Crippen LogP contribution is -2.54. The highest BCUT2D eigenvalue weighted by Gasteiger charge is 2.35. The van der Waals surface area contributed by atoms with Crippen LogP contribution < -0.4 is 19.1 Å². The molecular formula is C37H42BrN3O6S. The maximum absolute atomic E-state index is 14.6. The van der Waals surface area contributed by atoms with Gasteiger partial charge in [-0.3, -0.25) is 13.9 Å². The van der Waals surface area contributed by atoms with Gasteiger partial charge in [-0.1, -0.05) is 83.0 Å². The summed E-state index contributed by atoms with van der Waals surface area (Å²) in [6.45, 7) is 5.30. The summed E-state index contributed by atoms with van der Waals surface area (Å²) in [4.78, 5) is 30.0. The molecule has 2 atom stereocenters. The molecule has 0 spiro atoms. The van der Waals surface area contributed by atoms with Gasteiger partial charge in [-0.05, 0) is 67.8 Å². The molecule has 0 bridgehead atoms. The molecule has 254 valence electrons. The van der Waals surface area contributed by atoms with Crippen LogP contribution in [0.1, 0.15) is 37.0 Å². The van der Waals surface area contributed by atoms with E-state index >= 15 is 0 Å². The summed E-state index contributed by atoms with van der Waals surface area (Å²) in [6, 6.07) is 27.1. The summed E-state index contributed by atoms with van der Waals surface area (Å²) in [6.07, 6.45) is 0.938. The van der Waals surface area contributed by atoms with Crippen LogP contribution in [0.3, 0.4) is 0 Å². The van der Waals surface area contributed by atoms with Crippen LogP contribution in [-0.4, -0.2) is 58.0 Å². The number of benzene rings is 4. The quantitative estimate of drug-likeness (QED) is 0.149. The van der Waals surface area contributed by atoms with Gasteiger partial charge in [-0.25, -0.2) is 8.42 Å². The lowest BCUT2D eigenvalue weighted by molar-refractivity contribution is -0.140. The molecule has 0 aliphatic heterocycles. The fraction of sp³-hybridized carbons (Fsp3) is 0.297. The van der Waals surface area contributed by atoms with Crippen molar-refractivity contribution in [3.8, 4) is 11.5 Å². The number of ether oxygens (including phenoxy) is 2. The van der Waals surface area contributed by atoms with Crippen molar-refractivity contribution < 1.29 is 27.5 Å². The number of anilines is 1. The van der Waals surface area contributed by atoms with Crippen molar-refractivity contribution in [2.24, 2.45) is 0 Å². The van der Waals surface area contributed by atoms with Gasteiger partial charge in [-0.15, -0.1) is 0 Å². The Morgan fingerprint density at radius 3 is 2.10 bits per heavy atom. The fourth-order valence-corrected chi connectivity index (χ4v) is 6.82. The molecule has 0 fully saturated rings. The minimum atomic E-state index is -4.32. The Kier molecular flexibility index (Phi) is 12.7. The fourth-order valence-electron chi connectivity index (χ4n) is 5.13. The number of aryl methyl sites for hydroxylation is 1. The van der Waals surface area contributed by atoms with Crippen molar-refractivity contribution in [3.05, 3.63) is 118 Å². The highest BCUT2D eigenvalue weighted by molar-refractivity contribution is 9.10. The smallest absolute Gasteiger partial charge is 0.264 e. The average molecular weight is 737 g/mol. The van der Waals surface area contributed by atoms with E-state index in [0.717, 1.165) is 25.5 Å². The summed E-state index contributed by atoms with van der Waals surface area (Å²) in [5, 5.41) is 3.05. The van der Waals surface area contributed by atoms with Crippen LogP contribution in [0.2, 0.25) is 0 Å². The molecule has 4 aromatic carbocycles. The van der Waals surface area contributed by atoms with Crippen LogP contribution in [0.5, 0.6) is 11.5 Å². The van der Waals surface area contributed by atoms with E-state index in [9.17, 15) is 18.0 Å². The molecule has 0 radical (unpaired) electrons. The standard InChI is InChI=1S/C37H42BrN3O6S/c1-6-27(3)39-37(43)33(22-28-10-8-7-9-11-28)40(24-29-14-16-30(38)17-15-29)36(42)25-41(31-18-12-26(2)13-19-31)48(44,45)32-20-21-34(46-4)35(23-32)47-5/h7-21,23,27,33H,6,22,24-25H2,1-5H3,(H,39,43). The van der Waals surface area contributed by atoms with Crippen molar-refractivity contribution >= 4 is 43.5 Å². The van der Waals surface area contributed by atoms with Crippen molar-refractivity contribution in [1.29, 1.82) is 0 Å². The van der Waals surface area contributed by atoms with Gasteiger partial charge in [0.15, 0.2) is 11.5 Å². The second kappa shape index (κ2) is 16.7. The Morgan fingerprint density at radius 2 is 1.50 bits per heavy atom. The lowest BCUT2D eigenvalue weighted by atomic mass is 10.0. The molecule has 0 aromatic heterocycles. The number of nitrogens with zero attached hydrogens (tertiary/aromatic N) is 2. The zero-order valence-electron chi connectivity index (χ0n) is 27.9. The van der Waals surface area contributed by atoms with Gasteiger partial charge in [0, 0.05) is 29.5 Å². The number of amides is 2. The van der Waals surface area contributed by atoms with E-state index in [1.54, 1.807) is 24.3 Å². The first-order valence-corrected chi connectivity index (χ1v) is 17.9. The number of methoxy groups -OCH3 is 2. The van der Waals surface area contributed by atoms with Crippen molar-refractivity contribution in [2.75, 3.05) is 25.1 Å². The summed E-state index contributed by atoms with van der Waals surface area (Å²) >= 11 is 3.46. The van der Waals surface area contributed by atoms with Crippen LogP contribution in [0.25, 0.3) is 0 Å². The van der Waals surface area contributed by atoms with Crippen LogP contribution >= 0.6 is 15.9 Å². The van der Waals surface area contributed by atoms with E-state index in [4.69, 9.17) is 9.47 Å². The molecule has 48 heavy (non-hydrogen) atoms. The van der Waals surface area contributed by atoms with Gasteiger partial charge in [0.25, 0.3) is 10.0 Å². The first-order valence-electron chi connectivity index (χ1n) is 15.7. The predicted molar refractivity (Wildman–Crippen MR) is 192 cm³/mol. The van der Waals surface area contributed by atoms with Gasteiger partial charge < -0.3 is 19.7 Å². The van der Waals surface area contributed by atoms with E-state index in [2.05, 4.69) is 21.2 Å². The molecule has 0 saturated heterocycles. The third kappa shape index (κ3) is 9.17. The third-order valence-corrected chi connectivity index (χ3v) is 10.4. The molecule has 2 amide bonds. The first kappa shape index (κ1) is 36.5.